The molecular weight excluding hydrogens is 320 g/mol. The van der Waals surface area contributed by atoms with Crippen molar-refractivity contribution in [3.8, 4) is 0 Å². The molecule has 0 aliphatic carbocycles. The van der Waals surface area contributed by atoms with Crippen LogP contribution in [0.2, 0.25) is 0 Å². The fourth-order valence-electron chi connectivity index (χ4n) is 2.29. The van der Waals surface area contributed by atoms with Crippen molar-refractivity contribution >= 4 is 39.6 Å². The van der Waals surface area contributed by atoms with Crippen molar-refractivity contribution in [3.63, 3.8) is 0 Å². The summed E-state index contributed by atoms with van der Waals surface area (Å²) in [5.41, 5.74) is 1.67. The predicted octanol–water partition coefficient (Wildman–Crippen LogP) is 3.90. The molecule has 0 radical (unpaired) electrons. The number of carbonyl (C=O) groups is 2. The second-order valence-electron chi connectivity index (χ2n) is 4.83. The van der Waals surface area contributed by atoms with Crippen LogP contribution in [0.5, 0.6) is 0 Å². The minimum absolute atomic E-state index is 0.205. The van der Waals surface area contributed by atoms with E-state index in [1.54, 1.807) is 6.92 Å². The molecule has 0 aromatic carbocycles. The normalized spacial score (nSPS) is 10.7. The first kappa shape index (κ1) is 16.6. The number of rotatable bonds is 5. The van der Waals surface area contributed by atoms with Crippen LogP contribution in [0.1, 0.15) is 55.0 Å². The highest BCUT2D eigenvalue weighted by Gasteiger charge is 2.23. The number of hydrogen-bond acceptors (Lipinski definition) is 5. The van der Waals surface area contributed by atoms with Crippen molar-refractivity contribution < 1.29 is 14.7 Å². The van der Waals surface area contributed by atoms with Gasteiger partial charge in [-0.3, -0.25) is 4.79 Å². The lowest BCUT2D eigenvalue weighted by atomic mass is 10.1. The molecule has 0 aliphatic rings. The number of nitrogens with one attached hydrogen (secondary N) is 1. The van der Waals surface area contributed by atoms with Crippen LogP contribution in [0.15, 0.2) is 0 Å². The molecule has 0 saturated heterocycles. The third kappa shape index (κ3) is 3.05. The Bertz CT molecular complexity index is 731. The van der Waals surface area contributed by atoms with E-state index in [0.717, 1.165) is 21.9 Å². The predicted molar refractivity (Wildman–Crippen MR) is 89.6 cm³/mol. The number of nitrogens with zero attached hydrogens (tertiary/aromatic N) is 1. The van der Waals surface area contributed by atoms with Crippen LogP contribution in [0, 0.1) is 13.8 Å². The number of anilines is 1. The number of carboxylic acid groups (broad SMARTS) is 1. The van der Waals surface area contributed by atoms with Crippen molar-refractivity contribution in [3.05, 3.63) is 31.6 Å². The lowest BCUT2D eigenvalue weighted by Gasteiger charge is -2.04. The van der Waals surface area contributed by atoms with E-state index in [9.17, 15) is 14.7 Å². The molecule has 0 atom stereocenters. The minimum atomic E-state index is -1.01. The Morgan fingerprint density at radius 1 is 1.18 bits per heavy atom. The number of thiophene rings is 1. The molecule has 2 N–H and O–H groups in total. The van der Waals surface area contributed by atoms with E-state index < -0.39 is 5.97 Å². The molecule has 2 aromatic rings. The summed E-state index contributed by atoms with van der Waals surface area (Å²) in [5.74, 6) is -1.30. The zero-order chi connectivity index (χ0) is 16.4. The maximum Gasteiger partial charge on any atom is 0.339 e. The number of hydrogen-bond donors (Lipinski definition) is 2. The summed E-state index contributed by atoms with van der Waals surface area (Å²) in [5, 5.41) is 13.5. The largest absolute Gasteiger partial charge is 0.478 e. The molecule has 0 spiro atoms. The highest BCUT2D eigenvalue weighted by molar-refractivity contribution is 7.17. The van der Waals surface area contributed by atoms with Gasteiger partial charge in [0, 0.05) is 4.88 Å². The minimum Gasteiger partial charge on any atom is -0.478 e. The van der Waals surface area contributed by atoms with Gasteiger partial charge in [-0.05, 0) is 32.3 Å². The number of aromatic carboxylic acids is 1. The average Bonchev–Trinajstić information content (AvgIpc) is 2.98. The molecule has 2 rings (SSSR count). The van der Waals surface area contributed by atoms with Crippen LogP contribution in [0.3, 0.4) is 0 Å². The molecule has 5 nitrogen and oxygen atoms in total. The zero-order valence-corrected chi connectivity index (χ0v) is 14.6. The van der Waals surface area contributed by atoms with Crippen molar-refractivity contribution in [2.75, 3.05) is 5.32 Å². The van der Waals surface area contributed by atoms with Gasteiger partial charge in [-0.2, -0.15) is 0 Å². The highest BCUT2D eigenvalue weighted by atomic mass is 32.1. The molecule has 0 fully saturated rings. The standard InChI is InChI=1S/C15H18N2O3S2/c1-5-9-8(4)21-14(11(9)15(19)20)17-13(18)12-7(3)16-10(6-2)22-12/h5-6H2,1-4H3,(H,17,18)(H,19,20). The molecular formula is C15H18N2O3S2. The summed E-state index contributed by atoms with van der Waals surface area (Å²) >= 11 is 2.66. The lowest BCUT2D eigenvalue weighted by molar-refractivity contribution is 0.0697. The fourth-order valence-corrected chi connectivity index (χ4v) is 4.32. The molecule has 1 amide bonds. The van der Waals surface area contributed by atoms with Gasteiger partial charge in [-0.15, -0.1) is 22.7 Å². The highest BCUT2D eigenvalue weighted by Crippen LogP contribution is 2.34. The number of aryl methyl sites for hydroxylation is 3. The molecule has 0 aliphatic heterocycles. The van der Waals surface area contributed by atoms with Crippen molar-refractivity contribution in [1.29, 1.82) is 0 Å². The number of aromatic nitrogens is 1. The molecule has 0 bridgehead atoms. The first-order valence-electron chi connectivity index (χ1n) is 7.02. The molecule has 118 valence electrons. The molecule has 22 heavy (non-hydrogen) atoms. The quantitative estimate of drug-likeness (QED) is 0.866. The van der Waals surface area contributed by atoms with E-state index in [-0.39, 0.29) is 11.5 Å². The maximum absolute atomic E-state index is 12.4. The topological polar surface area (TPSA) is 79.3 Å². The summed E-state index contributed by atoms with van der Waals surface area (Å²) < 4.78 is 0. The lowest BCUT2D eigenvalue weighted by Crippen LogP contribution is -2.13. The van der Waals surface area contributed by atoms with E-state index in [0.29, 0.717) is 22.0 Å². The van der Waals surface area contributed by atoms with Gasteiger partial charge in [0.1, 0.15) is 9.88 Å². The summed E-state index contributed by atoms with van der Waals surface area (Å²) in [6, 6.07) is 0. The number of amides is 1. The van der Waals surface area contributed by atoms with Crippen molar-refractivity contribution in [1.82, 2.24) is 4.98 Å². The van der Waals surface area contributed by atoms with Crippen molar-refractivity contribution in [2.45, 2.75) is 40.5 Å². The van der Waals surface area contributed by atoms with Gasteiger partial charge in [-0.1, -0.05) is 13.8 Å². The molecule has 0 unspecified atom stereocenters. The Kier molecular flexibility index (Phi) is 4.97. The Morgan fingerprint density at radius 3 is 2.36 bits per heavy atom. The smallest absolute Gasteiger partial charge is 0.339 e. The second kappa shape index (κ2) is 6.58. The zero-order valence-electron chi connectivity index (χ0n) is 12.9. The van der Waals surface area contributed by atoms with Gasteiger partial charge in [-0.25, -0.2) is 9.78 Å². The van der Waals surface area contributed by atoms with E-state index in [1.165, 1.54) is 22.7 Å². The van der Waals surface area contributed by atoms with Gasteiger partial charge in [0.05, 0.1) is 16.3 Å². The number of carboxylic acids is 1. The van der Waals surface area contributed by atoms with Gasteiger partial charge in [0.25, 0.3) is 5.91 Å². The Hall–Kier alpha value is -1.73. The van der Waals surface area contributed by atoms with Crippen LogP contribution >= 0.6 is 22.7 Å². The van der Waals surface area contributed by atoms with Gasteiger partial charge in [0.2, 0.25) is 0 Å². The number of thiazole rings is 1. The van der Waals surface area contributed by atoms with Gasteiger partial charge < -0.3 is 10.4 Å². The molecule has 0 saturated carbocycles. The summed E-state index contributed by atoms with van der Waals surface area (Å²) in [4.78, 5) is 29.7. The Labute approximate surface area is 137 Å². The maximum atomic E-state index is 12.4. The molecule has 2 heterocycles. The van der Waals surface area contributed by atoms with Gasteiger partial charge >= 0.3 is 5.97 Å². The fraction of sp³-hybridized carbons (Fsp3) is 0.400. The second-order valence-corrected chi connectivity index (χ2v) is 7.14. The van der Waals surface area contributed by atoms with E-state index in [4.69, 9.17) is 0 Å². The van der Waals surface area contributed by atoms with Gasteiger partial charge in [0.15, 0.2) is 0 Å². The Balaban J connectivity index is 2.36. The van der Waals surface area contributed by atoms with E-state index in [2.05, 4.69) is 10.3 Å². The summed E-state index contributed by atoms with van der Waals surface area (Å²) in [7, 11) is 0. The van der Waals surface area contributed by atoms with Crippen LogP contribution in [0.25, 0.3) is 0 Å². The first-order valence-corrected chi connectivity index (χ1v) is 8.65. The summed E-state index contributed by atoms with van der Waals surface area (Å²) in [6.45, 7) is 7.56. The molecule has 7 heteroatoms. The third-order valence-electron chi connectivity index (χ3n) is 3.35. The van der Waals surface area contributed by atoms with E-state index in [1.807, 2.05) is 20.8 Å². The van der Waals surface area contributed by atoms with Crippen LogP contribution in [-0.4, -0.2) is 22.0 Å². The monoisotopic (exact) mass is 338 g/mol. The number of carbonyl (C=O) groups excluding carboxylic acids is 1. The Morgan fingerprint density at radius 2 is 1.86 bits per heavy atom. The summed E-state index contributed by atoms with van der Waals surface area (Å²) in [6.07, 6.45) is 1.40. The van der Waals surface area contributed by atoms with Crippen LogP contribution < -0.4 is 5.32 Å². The average molecular weight is 338 g/mol. The first-order chi connectivity index (χ1) is 10.4. The third-order valence-corrected chi connectivity index (χ3v) is 5.72. The van der Waals surface area contributed by atoms with E-state index >= 15 is 0 Å². The van der Waals surface area contributed by atoms with Crippen molar-refractivity contribution in [2.24, 2.45) is 0 Å². The SMILES string of the molecule is CCc1nc(C)c(C(=O)Nc2sc(C)c(CC)c2C(=O)O)s1. The molecule has 2 aromatic heterocycles. The van der Waals surface area contributed by atoms with Crippen LogP contribution in [0.4, 0.5) is 5.00 Å². The van der Waals surface area contributed by atoms with Crippen LogP contribution in [-0.2, 0) is 12.8 Å².